The molecule has 2 aliphatic rings. The molecule has 122 valence electrons. The first-order valence-corrected chi connectivity index (χ1v) is 6.77. The van der Waals surface area contributed by atoms with E-state index in [9.17, 15) is 13.2 Å². The first-order valence-electron chi connectivity index (χ1n) is 6.77. The normalized spacial score (nSPS) is 15.2. The smallest absolute Gasteiger partial charge is 0.475 e. The lowest BCUT2D eigenvalue weighted by Gasteiger charge is -2.14. The highest BCUT2D eigenvalue weighted by molar-refractivity contribution is 6.16. The number of aliphatic imine (C=N–C) groups is 1. The number of nitrogens with zero attached hydrogens (tertiary/aromatic N) is 2. The van der Waals surface area contributed by atoms with Crippen LogP contribution in [0.3, 0.4) is 0 Å². The van der Waals surface area contributed by atoms with Crippen LogP contribution in [0.5, 0.6) is 0 Å². The van der Waals surface area contributed by atoms with Gasteiger partial charge in [0.2, 0.25) is 0 Å². The fourth-order valence-corrected chi connectivity index (χ4v) is 2.13. The number of alkyl halides is 3. The second kappa shape index (κ2) is 6.96. The van der Waals surface area contributed by atoms with Crippen LogP contribution in [-0.2, 0) is 4.79 Å². The number of rotatable bonds is 0. The van der Waals surface area contributed by atoms with E-state index in [1.54, 1.807) is 6.20 Å². The summed E-state index contributed by atoms with van der Waals surface area (Å²) in [6.45, 7) is 0. The van der Waals surface area contributed by atoms with E-state index < -0.39 is 12.1 Å². The second-order valence-corrected chi connectivity index (χ2v) is 4.86. The van der Waals surface area contributed by atoms with E-state index in [2.05, 4.69) is 29.3 Å². The van der Waals surface area contributed by atoms with Crippen molar-refractivity contribution in [2.24, 2.45) is 4.99 Å². The van der Waals surface area contributed by atoms with Gasteiger partial charge in [0.1, 0.15) is 0 Å². The average Bonchev–Trinajstić information content (AvgIpc) is 2.73. The molecule has 0 saturated heterocycles. The van der Waals surface area contributed by atoms with Crippen molar-refractivity contribution in [1.82, 2.24) is 0 Å². The van der Waals surface area contributed by atoms with E-state index in [0.29, 0.717) is 12.0 Å². The number of hydrogen-bond acceptors (Lipinski definition) is 3. The van der Waals surface area contributed by atoms with E-state index in [1.165, 1.54) is 5.56 Å². The van der Waals surface area contributed by atoms with Crippen LogP contribution < -0.4 is 0 Å². The van der Waals surface area contributed by atoms with E-state index in [1.807, 2.05) is 24.3 Å². The summed E-state index contributed by atoms with van der Waals surface area (Å²) in [6.07, 6.45) is 3.41. The van der Waals surface area contributed by atoms with Crippen molar-refractivity contribution in [3.63, 3.8) is 0 Å². The topological polar surface area (TPSA) is 73.5 Å². The molecular formula is C17H11F3N2O2. The third-order valence-corrected chi connectivity index (χ3v) is 3.21. The summed E-state index contributed by atoms with van der Waals surface area (Å²) in [5.41, 5.74) is 5.13. The maximum absolute atomic E-state index is 10.6. The minimum absolute atomic E-state index is 0.675. The molecule has 0 radical (unpaired) electrons. The summed E-state index contributed by atoms with van der Waals surface area (Å²) in [5, 5.41) is 16.0. The lowest BCUT2D eigenvalue weighted by atomic mass is 9.93. The maximum Gasteiger partial charge on any atom is 0.490 e. The molecule has 3 rings (SSSR count). The number of fused-ring (bicyclic) bond motifs is 3. The number of hydrogen-bond donors (Lipinski definition) is 1. The minimum atomic E-state index is -5.08. The van der Waals surface area contributed by atoms with Crippen LogP contribution in [0.2, 0.25) is 0 Å². The zero-order chi connectivity index (χ0) is 17.7. The van der Waals surface area contributed by atoms with E-state index in [4.69, 9.17) is 15.2 Å². The van der Waals surface area contributed by atoms with Gasteiger partial charge in [0.05, 0.1) is 17.4 Å². The van der Waals surface area contributed by atoms with Gasteiger partial charge in [-0.3, -0.25) is 4.99 Å². The van der Waals surface area contributed by atoms with Crippen molar-refractivity contribution in [2.75, 3.05) is 0 Å². The fourth-order valence-electron chi connectivity index (χ4n) is 2.13. The summed E-state index contributed by atoms with van der Waals surface area (Å²) in [6, 6.07) is 10.4. The number of carbonyl (C=O) groups is 1. The first kappa shape index (κ1) is 17.2. The number of aliphatic carboxylic acids is 1. The number of benzene rings is 1. The highest BCUT2D eigenvalue weighted by Crippen LogP contribution is 2.27. The standard InChI is InChI=1S/C15H10N2.C2HF3O2/c16-9-11-8-13-6-3-5-12-4-1-2-7-14(12)15(13)17-10-11;3-2(4,5)1(6)7/h1-7,10H,8H2;(H,6,7). The zero-order valence-electron chi connectivity index (χ0n) is 12.2. The Hall–Kier alpha value is -3.14. The van der Waals surface area contributed by atoms with Gasteiger partial charge >= 0.3 is 12.1 Å². The number of allylic oxidation sites excluding steroid dienone is 4. The third kappa shape index (κ3) is 3.98. The molecule has 0 atom stereocenters. The van der Waals surface area contributed by atoms with Gasteiger partial charge in [-0.05, 0) is 11.1 Å². The second-order valence-electron chi connectivity index (χ2n) is 4.86. The van der Waals surface area contributed by atoms with Gasteiger partial charge in [-0.1, -0.05) is 42.5 Å². The predicted molar refractivity (Wildman–Crippen MR) is 82.1 cm³/mol. The van der Waals surface area contributed by atoms with Crippen LogP contribution in [0.4, 0.5) is 13.2 Å². The van der Waals surface area contributed by atoms with Gasteiger partial charge in [0, 0.05) is 18.2 Å². The number of nitriles is 1. The molecule has 1 N–H and O–H groups in total. The Bertz CT molecular complexity index is 825. The average molecular weight is 332 g/mol. The van der Waals surface area contributed by atoms with Crippen molar-refractivity contribution >= 4 is 17.8 Å². The number of halogens is 3. The first-order chi connectivity index (χ1) is 11.3. The van der Waals surface area contributed by atoms with E-state index >= 15 is 0 Å². The Kier molecular flexibility index (Phi) is 4.99. The molecule has 1 heterocycles. The largest absolute Gasteiger partial charge is 0.490 e. The van der Waals surface area contributed by atoms with Crippen molar-refractivity contribution in [1.29, 1.82) is 5.26 Å². The summed E-state index contributed by atoms with van der Waals surface area (Å²) < 4.78 is 31.7. The van der Waals surface area contributed by atoms with Crippen LogP contribution in [-0.4, -0.2) is 23.0 Å². The van der Waals surface area contributed by atoms with Gasteiger partial charge in [-0.2, -0.15) is 18.4 Å². The SMILES string of the molecule is N#CC1=CN=C2C(=CC=Cc3ccccc32)C1.O=C(O)C(F)(F)F. The minimum Gasteiger partial charge on any atom is -0.475 e. The number of carboxylic acid groups (broad SMARTS) is 1. The molecule has 0 aromatic heterocycles. The predicted octanol–water partition coefficient (Wildman–Crippen LogP) is 3.87. The van der Waals surface area contributed by atoms with Gasteiger partial charge in [0.15, 0.2) is 0 Å². The van der Waals surface area contributed by atoms with Crippen molar-refractivity contribution < 1.29 is 23.1 Å². The van der Waals surface area contributed by atoms with Gasteiger partial charge in [-0.25, -0.2) is 4.79 Å². The lowest BCUT2D eigenvalue weighted by Crippen LogP contribution is -2.21. The summed E-state index contributed by atoms with van der Waals surface area (Å²) in [4.78, 5) is 13.3. The summed E-state index contributed by atoms with van der Waals surface area (Å²) in [7, 11) is 0. The van der Waals surface area contributed by atoms with Crippen LogP contribution in [0.15, 0.2) is 58.8 Å². The molecule has 1 aliphatic heterocycles. The molecule has 24 heavy (non-hydrogen) atoms. The number of carboxylic acids is 1. The summed E-state index contributed by atoms with van der Waals surface area (Å²) >= 11 is 0. The van der Waals surface area contributed by atoms with Crippen LogP contribution in [0.25, 0.3) is 6.08 Å². The van der Waals surface area contributed by atoms with Crippen molar-refractivity contribution in [3.8, 4) is 6.07 Å². The Labute approximate surface area is 135 Å². The molecule has 7 heteroatoms. The van der Waals surface area contributed by atoms with Gasteiger partial charge in [-0.15, -0.1) is 0 Å². The zero-order valence-corrected chi connectivity index (χ0v) is 12.2. The van der Waals surface area contributed by atoms with Crippen LogP contribution in [0, 0.1) is 11.3 Å². The van der Waals surface area contributed by atoms with E-state index in [0.717, 1.165) is 16.8 Å². The molecular weight excluding hydrogens is 321 g/mol. The lowest BCUT2D eigenvalue weighted by molar-refractivity contribution is -0.192. The quantitative estimate of drug-likeness (QED) is 0.784. The van der Waals surface area contributed by atoms with Crippen molar-refractivity contribution in [2.45, 2.75) is 12.6 Å². The fraction of sp³-hybridized carbons (Fsp3) is 0.118. The monoisotopic (exact) mass is 332 g/mol. The molecule has 0 amide bonds. The highest BCUT2D eigenvalue weighted by Gasteiger charge is 2.38. The van der Waals surface area contributed by atoms with Crippen LogP contribution >= 0.6 is 0 Å². The molecule has 1 aliphatic carbocycles. The molecule has 0 fully saturated rings. The molecule has 1 aromatic rings. The molecule has 0 spiro atoms. The van der Waals surface area contributed by atoms with E-state index in [-0.39, 0.29) is 0 Å². The Balaban J connectivity index is 0.000000256. The molecule has 4 nitrogen and oxygen atoms in total. The van der Waals surface area contributed by atoms with Gasteiger partial charge in [0.25, 0.3) is 0 Å². The molecule has 0 bridgehead atoms. The summed E-state index contributed by atoms with van der Waals surface area (Å²) in [5.74, 6) is -2.76. The third-order valence-electron chi connectivity index (χ3n) is 3.21. The molecule has 1 aromatic carbocycles. The highest BCUT2D eigenvalue weighted by atomic mass is 19.4. The van der Waals surface area contributed by atoms with Crippen molar-refractivity contribution in [3.05, 3.63) is 64.9 Å². The Morgan fingerprint density at radius 2 is 1.96 bits per heavy atom. The maximum atomic E-state index is 10.6. The molecule has 0 saturated carbocycles. The van der Waals surface area contributed by atoms with Crippen LogP contribution in [0.1, 0.15) is 17.5 Å². The Morgan fingerprint density at radius 3 is 2.58 bits per heavy atom. The Morgan fingerprint density at radius 1 is 1.29 bits per heavy atom. The molecule has 0 unspecified atom stereocenters. The van der Waals surface area contributed by atoms with Gasteiger partial charge < -0.3 is 5.11 Å².